The Labute approximate surface area is 140 Å². The molecule has 6 nitrogen and oxygen atoms in total. The van der Waals surface area contributed by atoms with E-state index in [-0.39, 0.29) is 17.9 Å². The summed E-state index contributed by atoms with van der Waals surface area (Å²) in [5.41, 5.74) is 0.328. The summed E-state index contributed by atoms with van der Waals surface area (Å²) in [6, 6.07) is -0.377. The van der Waals surface area contributed by atoms with Crippen LogP contribution in [-0.2, 0) is 17.8 Å². The maximum atomic E-state index is 12.1. The number of urea groups is 1. The number of likely N-dealkylation sites (tertiary alicyclic amines) is 1. The summed E-state index contributed by atoms with van der Waals surface area (Å²) in [5.74, 6) is -0.0651. The molecule has 2 atom stereocenters. The molecule has 2 saturated heterocycles. The van der Waals surface area contributed by atoms with Crippen LogP contribution in [0.1, 0.15) is 43.8 Å². The van der Waals surface area contributed by atoms with Crippen molar-refractivity contribution in [3.63, 3.8) is 0 Å². The normalized spacial score (nSPS) is 28.7. The average Bonchev–Trinajstić information content (AvgIpc) is 3.05. The summed E-state index contributed by atoms with van der Waals surface area (Å²) in [4.78, 5) is 30.6. The van der Waals surface area contributed by atoms with Crippen LogP contribution in [0.15, 0.2) is 5.38 Å². The zero-order chi connectivity index (χ0) is 16.4. The number of thiazole rings is 1. The van der Waals surface area contributed by atoms with Gasteiger partial charge in [-0.3, -0.25) is 15.0 Å². The van der Waals surface area contributed by atoms with E-state index < -0.39 is 5.54 Å². The molecule has 0 aromatic carbocycles. The molecule has 126 valence electrons. The molecule has 23 heavy (non-hydrogen) atoms. The molecule has 3 rings (SSSR count). The second-order valence-electron chi connectivity index (χ2n) is 6.67. The van der Waals surface area contributed by atoms with E-state index in [0.717, 1.165) is 51.0 Å². The molecule has 3 amide bonds. The molecule has 0 saturated carbocycles. The van der Waals surface area contributed by atoms with Crippen molar-refractivity contribution in [3.05, 3.63) is 16.1 Å². The van der Waals surface area contributed by atoms with Crippen molar-refractivity contribution in [2.24, 2.45) is 5.92 Å². The largest absolute Gasteiger partial charge is 0.323 e. The maximum Gasteiger partial charge on any atom is 0.322 e. The van der Waals surface area contributed by atoms with Gasteiger partial charge in [0.1, 0.15) is 5.54 Å². The van der Waals surface area contributed by atoms with Crippen LogP contribution in [-0.4, -0.2) is 40.5 Å². The summed E-state index contributed by atoms with van der Waals surface area (Å²) in [7, 11) is 0. The van der Waals surface area contributed by atoms with Gasteiger partial charge in [0.2, 0.25) is 0 Å². The summed E-state index contributed by atoms with van der Waals surface area (Å²) < 4.78 is 0. The lowest BCUT2D eigenvalue weighted by Gasteiger charge is -2.39. The molecule has 2 aliphatic rings. The third kappa shape index (κ3) is 3.40. The zero-order valence-electron chi connectivity index (χ0n) is 13.7. The Morgan fingerprint density at radius 3 is 3.00 bits per heavy atom. The Bertz CT molecular complexity index is 603. The van der Waals surface area contributed by atoms with Crippen LogP contribution in [0, 0.1) is 5.92 Å². The van der Waals surface area contributed by atoms with Gasteiger partial charge in [0, 0.05) is 24.4 Å². The third-order valence-corrected chi connectivity index (χ3v) is 5.80. The summed E-state index contributed by atoms with van der Waals surface area (Å²) in [5, 5.41) is 8.52. The second kappa shape index (κ2) is 6.57. The van der Waals surface area contributed by atoms with E-state index in [1.807, 2.05) is 6.92 Å². The van der Waals surface area contributed by atoms with Gasteiger partial charge in [0.05, 0.1) is 10.7 Å². The first kappa shape index (κ1) is 16.4. The molecule has 0 radical (unpaired) electrons. The van der Waals surface area contributed by atoms with E-state index in [0.29, 0.717) is 0 Å². The first-order valence-corrected chi connectivity index (χ1v) is 9.18. The van der Waals surface area contributed by atoms with Crippen LogP contribution in [0.3, 0.4) is 0 Å². The Kier molecular flexibility index (Phi) is 4.68. The molecular formula is C16H24N4O2S. The number of nitrogens with one attached hydrogen (secondary N) is 2. The maximum absolute atomic E-state index is 12.1. The van der Waals surface area contributed by atoms with Gasteiger partial charge in [-0.05, 0) is 39.2 Å². The van der Waals surface area contributed by atoms with Gasteiger partial charge in [0.15, 0.2) is 0 Å². The number of amides is 3. The van der Waals surface area contributed by atoms with E-state index >= 15 is 0 Å². The Balaban J connectivity index is 1.64. The lowest BCUT2D eigenvalue weighted by atomic mass is 9.80. The smallest absolute Gasteiger partial charge is 0.322 e. The molecule has 3 heterocycles. The first-order chi connectivity index (χ1) is 11.0. The lowest BCUT2D eigenvalue weighted by Crippen LogP contribution is -2.55. The monoisotopic (exact) mass is 336 g/mol. The average molecular weight is 336 g/mol. The van der Waals surface area contributed by atoms with Gasteiger partial charge in [-0.1, -0.05) is 6.92 Å². The minimum Gasteiger partial charge on any atom is -0.323 e. The predicted molar refractivity (Wildman–Crippen MR) is 89.2 cm³/mol. The molecule has 7 heteroatoms. The van der Waals surface area contributed by atoms with E-state index in [2.05, 4.69) is 32.8 Å². The number of rotatable bonds is 5. The molecule has 2 N–H and O–H groups in total. The van der Waals surface area contributed by atoms with Gasteiger partial charge >= 0.3 is 6.03 Å². The number of carbonyl (C=O) groups excluding carboxylic acids is 2. The van der Waals surface area contributed by atoms with Gasteiger partial charge in [-0.15, -0.1) is 11.3 Å². The van der Waals surface area contributed by atoms with Crippen LogP contribution < -0.4 is 10.6 Å². The van der Waals surface area contributed by atoms with Crippen molar-refractivity contribution in [3.8, 4) is 0 Å². The SMILES string of the molecule is CCCc1nc(CN2CCC[C@@H]([C@@]3(C)NC(=O)NC3=O)C2)cs1. The Morgan fingerprint density at radius 1 is 1.48 bits per heavy atom. The molecule has 0 bridgehead atoms. The molecule has 0 unspecified atom stereocenters. The highest BCUT2D eigenvalue weighted by atomic mass is 32.1. The lowest BCUT2D eigenvalue weighted by molar-refractivity contribution is -0.126. The van der Waals surface area contributed by atoms with Crippen molar-refractivity contribution in [1.82, 2.24) is 20.5 Å². The molecule has 1 aromatic heterocycles. The number of piperidine rings is 1. The van der Waals surface area contributed by atoms with E-state index in [9.17, 15) is 9.59 Å². The number of hydrogen-bond donors (Lipinski definition) is 2. The molecular weight excluding hydrogens is 312 g/mol. The molecule has 0 aliphatic carbocycles. The standard InChI is InChI=1S/C16H24N4O2S/c1-3-5-13-17-12(10-23-13)9-20-7-4-6-11(8-20)16(2)14(21)18-15(22)19-16/h10-11H,3-9H2,1-2H3,(H2,18,19,21,22)/t11-,16-/m1/s1. The van der Waals surface area contributed by atoms with Crippen LogP contribution >= 0.6 is 11.3 Å². The summed E-state index contributed by atoms with van der Waals surface area (Å²) in [6.07, 6.45) is 4.15. The molecule has 2 aliphatic heterocycles. The number of hydrogen-bond acceptors (Lipinski definition) is 5. The first-order valence-electron chi connectivity index (χ1n) is 8.30. The van der Waals surface area contributed by atoms with Crippen molar-refractivity contribution in [2.45, 2.75) is 51.6 Å². The van der Waals surface area contributed by atoms with Crippen molar-refractivity contribution < 1.29 is 9.59 Å². The molecule has 0 spiro atoms. The minimum absolute atomic E-state index is 0.136. The van der Waals surface area contributed by atoms with Crippen LogP contribution in [0.25, 0.3) is 0 Å². The topological polar surface area (TPSA) is 74.3 Å². The number of imide groups is 1. The van der Waals surface area contributed by atoms with Crippen LogP contribution in [0.5, 0.6) is 0 Å². The predicted octanol–water partition coefficient (Wildman–Crippen LogP) is 1.91. The minimum atomic E-state index is -0.787. The third-order valence-electron chi connectivity index (χ3n) is 4.84. The fourth-order valence-electron chi connectivity index (χ4n) is 3.49. The van der Waals surface area contributed by atoms with Gasteiger partial charge in [-0.25, -0.2) is 9.78 Å². The fraction of sp³-hybridized carbons (Fsp3) is 0.688. The highest BCUT2D eigenvalue weighted by molar-refractivity contribution is 7.09. The highest BCUT2D eigenvalue weighted by Gasteiger charge is 2.48. The van der Waals surface area contributed by atoms with Crippen LogP contribution in [0.2, 0.25) is 0 Å². The van der Waals surface area contributed by atoms with Gasteiger partial charge < -0.3 is 5.32 Å². The van der Waals surface area contributed by atoms with E-state index in [1.54, 1.807) is 11.3 Å². The van der Waals surface area contributed by atoms with E-state index in [1.165, 1.54) is 5.01 Å². The number of carbonyl (C=O) groups is 2. The zero-order valence-corrected chi connectivity index (χ0v) is 14.5. The Hall–Kier alpha value is -1.47. The van der Waals surface area contributed by atoms with E-state index in [4.69, 9.17) is 0 Å². The summed E-state index contributed by atoms with van der Waals surface area (Å²) >= 11 is 1.73. The molecule has 2 fully saturated rings. The number of aryl methyl sites for hydroxylation is 1. The summed E-state index contributed by atoms with van der Waals surface area (Å²) in [6.45, 7) is 6.65. The molecule has 1 aromatic rings. The van der Waals surface area contributed by atoms with Gasteiger partial charge in [-0.2, -0.15) is 0 Å². The van der Waals surface area contributed by atoms with Crippen molar-refractivity contribution >= 4 is 23.3 Å². The van der Waals surface area contributed by atoms with Crippen LogP contribution in [0.4, 0.5) is 4.79 Å². The van der Waals surface area contributed by atoms with Gasteiger partial charge in [0.25, 0.3) is 5.91 Å². The van der Waals surface area contributed by atoms with Crippen molar-refractivity contribution in [1.29, 1.82) is 0 Å². The highest BCUT2D eigenvalue weighted by Crippen LogP contribution is 2.30. The Morgan fingerprint density at radius 2 is 2.30 bits per heavy atom. The fourth-order valence-corrected chi connectivity index (χ4v) is 4.39. The number of aromatic nitrogens is 1. The van der Waals surface area contributed by atoms with Crippen molar-refractivity contribution in [2.75, 3.05) is 13.1 Å². The quantitative estimate of drug-likeness (QED) is 0.806. The second-order valence-corrected chi connectivity index (χ2v) is 7.61. The number of nitrogens with zero attached hydrogens (tertiary/aromatic N) is 2.